The summed E-state index contributed by atoms with van der Waals surface area (Å²) in [5.41, 5.74) is 3.96. The van der Waals surface area contributed by atoms with Crippen molar-refractivity contribution in [2.75, 3.05) is 18.0 Å². The molecule has 10 heteroatoms. The zero-order chi connectivity index (χ0) is 22.1. The standard InChI is InChI=1S/C21H18F3N3O4/c22-12-6-14(12)27-8-15(31-20(29)30)19(28)11-5-13(23)18(16(24)17(11)27)26-7-10-3-1-2-4-21(10,25)9-26/h1-5,8,10,12,14H,6-7,9,25H2,(H,29,30)/t10?,12-,14+,21?/m0/s1. The van der Waals surface area contributed by atoms with Crippen molar-refractivity contribution in [2.45, 2.75) is 24.2 Å². The SMILES string of the molecule is NC12C=CC=CC1CN(c1c(F)cc3c(=O)c(OC(=O)O)cn([C@@H]4C[C@@H]4F)c3c1F)C2. The molecule has 1 saturated heterocycles. The predicted molar refractivity (Wildman–Crippen MR) is 106 cm³/mol. The van der Waals surface area contributed by atoms with Gasteiger partial charge >= 0.3 is 6.16 Å². The lowest BCUT2D eigenvalue weighted by Crippen LogP contribution is -2.46. The number of carboxylic acid groups (broad SMARTS) is 1. The quantitative estimate of drug-likeness (QED) is 0.723. The Kier molecular flexibility index (Phi) is 4.20. The van der Waals surface area contributed by atoms with Gasteiger partial charge in [-0.25, -0.2) is 18.0 Å². The summed E-state index contributed by atoms with van der Waals surface area (Å²) in [6.07, 6.45) is 5.23. The zero-order valence-electron chi connectivity index (χ0n) is 16.1. The van der Waals surface area contributed by atoms with E-state index in [9.17, 15) is 14.0 Å². The summed E-state index contributed by atoms with van der Waals surface area (Å²) in [5, 5.41) is 8.44. The zero-order valence-corrected chi connectivity index (χ0v) is 16.1. The molecule has 2 aromatic rings. The number of pyridine rings is 1. The fourth-order valence-corrected chi connectivity index (χ4v) is 4.50. The van der Waals surface area contributed by atoms with Crippen molar-refractivity contribution in [3.8, 4) is 5.75 Å². The summed E-state index contributed by atoms with van der Waals surface area (Å²) in [7, 11) is 0. The molecule has 2 unspecified atom stereocenters. The highest BCUT2D eigenvalue weighted by molar-refractivity contribution is 5.86. The topological polar surface area (TPSA) is 97.8 Å². The molecule has 7 nitrogen and oxygen atoms in total. The van der Waals surface area contributed by atoms with Crippen LogP contribution in [0.2, 0.25) is 0 Å². The van der Waals surface area contributed by atoms with E-state index in [0.717, 1.165) is 16.8 Å². The predicted octanol–water partition coefficient (Wildman–Crippen LogP) is 2.88. The first-order chi connectivity index (χ1) is 14.7. The van der Waals surface area contributed by atoms with E-state index in [0.29, 0.717) is 0 Å². The molecule has 0 amide bonds. The molecule has 1 saturated carbocycles. The van der Waals surface area contributed by atoms with Crippen LogP contribution in [0.15, 0.2) is 41.4 Å². The van der Waals surface area contributed by atoms with Crippen molar-refractivity contribution in [1.82, 2.24) is 4.57 Å². The molecule has 1 aliphatic heterocycles. The maximum absolute atomic E-state index is 15.7. The number of fused-ring (bicyclic) bond motifs is 2. The van der Waals surface area contributed by atoms with Crippen LogP contribution in [0.4, 0.5) is 23.7 Å². The van der Waals surface area contributed by atoms with Gasteiger partial charge in [0.2, 0.25) is 5.43 Å². The highest BCUT2D eigenvalue weighted by Crippen LogP contribution is 2.44. The van der Waals surface area contributed by atoms with Gasteiger partial charge in [-0.2, -0.15) is 0 Å². The van der Waals surface area contributed by atoms with Crippen LogP contribution in [-0.2, 0) is 0 Å². The Bertz CT molecular complexity index is 1240. The molecule has 1 aromatic carbocycles. The Balaban J connectivity index is 1.70. The van der Waals surface area contributed by atoms with Gasteiger partial charge in [-0.1, -0.05) is 24.3 Å². The molecule has 162 valence electrons. The number of hydrogen-bond donors (Lipinski definition) is 2. The molecular weight excluding hydrogens is 415 g/mol. The van der Waals surface area contributed by atoms with E-state index in [1.54, 1.807) is 12.2 Å². The van der Waals surface area contributed by atoms with Crippen LogP contribution in [0.25, 0.3) is 10.9 Å². The second-order valence-electron chi connectivity index (χ2n) is 8.18. The minimum atomic E-state index is -1.76. The number of hydrogen-bond acceptors (Lipinski definition) is 5. The van der Waals surface area contributed by atoms with Crippen molar-refractivity contribution in [3.05, 3.63) is 58.4 Å². The molecule has 2 heterocycles. The van der Waals surface area contributed by atoms with E-state index < -0.39 is 52.1 Å². The summed E-state index contributed by atoms with van der Waals surface area (Å²) in [6, 6.07) is 0.0354. The van der Waals surface area contributed by atoms with Crippen molar-refractivity contribution in [3.63, 3.8) is 0 Å². The monoisotopic (exact) mass is 433 g/mol. The minimum absolute atomic E-state index is 0.0594. The van der Waals surface area contributed by atoms with Crippen LogP contribution in [0.3, 0.4) is 0 Å². The van der Waals surface area contributed by atoms with Crippen molar-refractivity contribution >= 4 is 22.7 Å². The van der Waals surface area contributed by atoms with E-state index in [2.05, 4.69) is 4.74 Å². The number of nitrogens with two attached hydrogens (primary N) is 1. The number of allylic oxidation sites excluding steroid dienone is 2. The van der Waals surface area contributed by atoms with E-state index in [-0.39, 0.29) is 36.6 Å². The average molecular weight is 433 g/mol. The first kappa shape index (κ1) is 19.7. The molecule has 0 spiro atoms. The molecule has 3 N–H and O–H groups in total. The van der Waals surface area contributed by atoms with E-state index in [4.69, 9.17) is 10.8 Å². The molecule has 0 bridgehead atoms. The lowest BCUT2D eigenvalue weighted by atomic mass is 9.85. The van der Waals surface area contributed by atoms with E-state index in [1.807, 2.05) is 12.2 Å². The van der Waals surface area contributed by atoms with Crippen LogP contribution in [0, 0.1) is 17.6 Å². The second kappa shape index (κ2) is 6.61. The maximum atomic E-state index is 15.7. The van der Waals surface area contributed by atoms with E-state index >= 15 is 8.78 Å². The molecule has 31 heavy (non-hydrogen) atoms. The molecule has 3 aliphatic rings. The van der Waals surface area contributed by atoms with Gasteiger partial charge in [0.15, 0.2) is 11.6 Å². The number of nitrogens with zero attached hydrogens (tertiary/aromatic N) is 2. The van der Waals surface area contributed by atoms with Gasteiger partial charge in [0.25, 0.3) is 0 Å². The number of aromatic nitrogens is 1. The van der Waals surface area contributed by atoms with Gasteiger partial charge in [-0.3, -0.25) is 4.79 Å². The first-order valence-corrected chi connectivity index (χ1v) is 9.71. The molecule has 2 fully saturated rings. The maximum Gasteiger partial charge on any atom is 0.511 e. The summed E-state index contributed by atoms with van der Waals surface area (Å²) < 4.78 is 50.3. The Morgan fingerprint density at radius 3 is 2.71 bits per heavy atom. The van der Waals surface area contributed by atoms with Gasteiger partial charge in [-0.15, -0.1) is 0 Å². The fraction of sp³-hybridized carbons (Fsp3) is 0.333. The smallest absolute Gasteiger partial charge is 0.449 e. The van der Waals surface area contributed by atoms with Gasteiger partial charge < -0.3 is 25.0 Å². The largest absolute Gasteiger partial charge is 0.511 e. The number of halogens is 3. The van der Waals surface area contributed by atoms with Gasteiger partial charge in [-0.05, 0) is 6.07 Å². The Labute approximate surface area is 173 Å². The second-order valence-corrected chi connectivity index (χ2v) is 8.18. The third-order valence-electron chi connectivity index (χ3n) is 6.14. The first-order valence-electron chi connectivity index (χ1n) is 9.71. The number of rotatable bonds is 3. The summed E-state index contributed by atoms with van der Waals surface area (Å²) >= 11 is 0. The van der Waals surface area contributed by atoms with Crippen LogP contribution in [0.1, 0.15) is 12.5 Å². The third kappa shape index (κ3) is 3.01. The number of benzene rings is 1. The Morgan fingerprint density at radius 1 is 1.32 bits per heavy atom. The van der Waals surface area contributed by atoms with E-state index in [1.165, 1.54) is 4.90 Å². The van der Waals surface area contributed by atoms with Crippen LogP contribution >= 0.6 is 0 Å². The Hall–Kier alpha value is -3.27. The number of anilines is 1. The van der Waals surface area contributed by atoms with Crippen LogP contribution < -0.4 is 20.8 Å². The summed E-state index contributed by atoms with van der Waals surface area (Å²) in [5.74, 6) is -2.82. The lowest BCUT2D eigenvalue weighted by molar-refractivity contribution is 0.143. The molecule has 1 aromatic heterocycles. The Morgan fingerprint density at radius 2 is 2.06 bits per heavy atom. The minimum Gasteiger partial charge on any atom is -0.449 e. The van der Waals surface area contributed by atoms with Crippen molar-refractivity contribution < 1.29 is 27.8 Å². The number of carbonyl (C=O) groups is 1. The average Bonchev–Trinajstić information content (AvgIpc) is 3.31. The van der Waals surface area contributed by atoms with Crippen LogP contribution in [-0.4, -0.2) is 40.6 Å². The number of ether oxygens (including phenoxy) is 1. The van der Waals surface area contributed by atoms with Crippen LogP contribution in [0.5, 0.6) is 5.75 Å². The number of alkyl halides is 1. The van der Waals surface area contributed by atoms with Crippen molar-refractivity contribution in [2.24, 2.45) is 11.7 Å². The molecule has 5 rings (SSSR count). The fourth-order valence-electron chi connectivity index (χ4n) is 4.50. The van der Waals surface area contributed by atoms with Gasteiger partial charge in [0.05, 0.1) is 28.7 Å². The molecule has 0 radical (unpaired) electrons. The highest BCUT2D eigenvalue weighted by atomic mass is 19.1. The van der Waals surface area contributed by atoms with Gasteiger partial charge in [0, 0.05) is 25.4 Å². The third-order valence-corrected chi connectivity index (χ3v) is 6.14. The lowest BCUT2D eigenvalue weighted by Gasteiger charge is -2.27. The molecular formula is C21H18F3N3O4. The molecule has 2 aliphatic carbocycles. The summed E-state index contributed by atoms with van der Waals surface area (Å²) in [6.45, 7) is 0.410. The van der Waals surface area contributed by atoms with Crippen molar-refractivity contribution in [1.29, 1.82) is 0 Å². The highest BCUT2D eigenvalue weighted by Gasteiger charge is 2.44. The van der Waals surface area contributed by atoms with Gasteiger partial charge in [0.1, 0.15) is 17.7 Å². The normalized spacial score (nSPS) is 28.8. The summed E-state index contributed by atoms with van der Waals surface area (Å²) in [4.78, 5) is 25.0. The molecule has 4 atom stereocenters.